The van der Waals surface area contributed by atoms with Crippen LogP contribution in [0.25, 0.3) is 0 Å². The molecule has 122 valence electrons. The monoisotopic (exact) mass is 315 g/mol. The summed E-state index contributed by atoms with van der Waals surface area (Å²) in [6.45, 7) is 5.53. The molecule has 1 aliphatic heterocycles. The molecule has 21 heavy (non-hydrogen) atoms. The van der Waals surface area contributed by atoms with Gasteiger partial charge in [0, 0.05) is 12.6 Å². The molecule has 1 heterocycles. The van der Waals surface area contributed by atoms with Crippen molar-refractivity contribution >= 4 is 18.3 Å². The average Bonchev–Trinajstić information content (AvgIpc) is 3.13. The number of nitrogens with zero attached hydrogens (tertiary/aromatic N) is 1. The van der Waals surface area contributed by atoms with Crippen molar-refractivity contribution in [1.82, 2.24) is 10.2 Å². The van der Waals surface area contributed by atoms with Crippen LogP contribution in [0.5, 0.6) is 0 Å². The van der Waals surface area contributed by atoms with E-state index in [1.54, 1.807) is 0 Å². The Bertz CT molecular complexity index is 365. The Morgan fingerprint density at radius 3 is 2.71 bits per heavy atom. The second-order valence-corrected chi connectivity index (χ2v) is 7.32. The molecule has 2 bridgehead atoms. The smallest absolute Gasteiger partial charge is 0.234 e. The lowest BCUT2D eigenvalue weighted by Gasteiger charge is -2.29. The highest BCUT2D eigenvalue weighted by Gasteiger charge is 2.42. The third kappa shape index (κ3) is 3.91. The zero-order chi connectivity index (χ0) is 14.1. The van der Waals surface area contributed by atoms with Crippen LogP contribution in [0, 0.1) is 23.7 Å². The molecular weight excluding hydrogens is 286 g/mol. The van der Waals surface area contributed by atoms with Gasteiger partial charge >= 0.3 is 0 Å². The Morgan fingerprint density at radius 2 is 2.14 bits per heavy atom. The first-order valence-corrected chi connectivity index (χ1v) is 8.37. The van der Waals surface area contributed by atoms with Crippen molar-refractivity contribution in [1.29, 1.82) is 0 Å². The van der Waals surface area contributed by atoms with Crippen molar-refractivity contribution in [2.24, 2.45) is 29.4 Å². The predicted molar refractivity (Wildman–Crippen MR) is 87.4 cm³/mol. The van der Waals surface area contributed by atoms with Crippen LogP contribution in [-0.4, -0.2) is 43.0 Å². The molecule has 5 unspecified atom stereocenters. The Kier molecular flexibility index (Phi) is 5.92. The fraction of sp³-hybridized carbons (Fsp3) is 0.938. The Labute approximate surface area is 134 Å². The summed E-state index contributed by atoms with van der Waals surface area (Å²) >= 11 is 0. The summed E-state index contributed by atoms with van der Waals surface area (Å²) in [6, 6.07) is 0.353. The third-order valence-electron chi connectivity index (χ3n) is 5.89. The van der Waals surface area contributed by atoms with E-state index in [2.05, 4.69) is 17.1 Å². The van der Waals surface area contributed by atoms with Gasteiger partial charge in [0.15, 0.2) is 0 Å². The maximum Gasteiger partial charge on any atom is 0.234 e. The van der Waals surface area contributed by atoms with Crippen molar-refractivity contribution < 1.29 is 4.79 Å². The number of rotatable bonds is 5. The van der Waals surface area contributed by atoms with Crippen LogP contribution >= 0.6 is 12.4 Å². The minimum atomic E-state index is 0. The first-order chi connectivity index (χ1) is 9.65. The number of halogens is 1. The minimum absolute atomic E-state index is 0. The van der Waals surface area contributed by atoms with Crippen molar-refractivity contribution in [3.8, 4) is 0 Å². The lowest BCUT2D eigenvalue weighted by molar-refractivity contribution is -0.123. The molecule has 3 rings (SSSR count). The summed E-state index contributed by atoms with van der Waals surface area (Å²) in [7, 11) is 0. The Balaban J connectivity index is 0.00000161. The quantitative estimate of drug-likeness (QED) is 0.810. The van der Waals surface area contributed by atoms with Crippen LogP contribution < -0.4 is 11.1 Å². The fourth-order valence-corrected chi connectivity index (χ4v) is 4.76. The molecule has 2 saturated carbocycles. The van der Waals surface area contributed by atoms with E-state index in [1.165, 1.54) is 25.7 Å². The van der Waals surface area contributed by atoms with Crippen molar-refractivity contribution in [3.63, 3.8) is 0 Å². The van der Waals surface area contributed by atoms with Crippen LogP contribution in [0.15, 0.2) is 0 Å². The zero-order valence-electron chi connectivity index (χ0n) is 13.1. The van der Waals surface area contributed by atoms with E-state index < -0.39 is 0 Å². The molecular formula is C16H30ClN3O. The lowest BCUT2D eigenvalue weighted by Crippen LogP contribution is -2.44. The number of carbonyl (C=O) groups is 1. The molecule has 0 radical (unpaired) electrons. The van der Waals surface area contributed by atoms with Crippen LogP contribution in [0.2, 0.25) is 0 Å². The summed E-state index contributed by atoms with van der Waals surface area (Å²) < 4.78 is 0. The second-order valence-electron chi connectivity index (χ2n) is 7.32. The van der Waals surface area contributed by atoms with Gasteiger partial charge in [-0.3, -0.25) is 9.69 Å². The number of hydrogen-bond acceptors (Lipinski definition) is 3. The van der Waals surface area contributed by atoms with Crippen molar-refractivity contribution in [2.45, 2.75) is 45.1 Å². The number of nitrogens with two attached hydrogens (primary N) is 1. The van der Waals surface area contributed by atoms with Gasteiger partial charge in [-0.05, 0) is 69.4 Å². The molecule has 3 fully saturated rings. The summed E-state index contributed by atoms with van der Waals surface area (Å²) in [6.07, 6.45) is 6.71. The Morgan fingerprint density at radius 1 is 1.33 bits per heavy atom. The van der Waals surface area contributed by atoms with E-state index in [0.717, 1.165) is 43.8 Å². The molecule has 3 N–H and O–H groups in total. The standard InChI is InChI=1S/C16H29N3O.ClH/c1-11(15-7-12-2-3-14(15)6-12)18-16(20)10-19-5-4-13(8-17)9-19;/h11-15H,2-10,17H2,1H3,(H,18,20);1H. The molecule has 5 heteroatoms. The summed E-state index contributed by atoms with van der Waals surface area (Å²) in [4.78, 5) is 14.4. The molecule has 0 aromatic carbocycles. The van der Waals surface area contributed by atoms with Gasteiger partial charge in [-0.1, -0.05) is 6.42 Å². The van der Waals surface area contributed by atoms with Gasteiger partial charge in [-0.2, -0.15) is 0 Å². The first-order valence-electron chi connectivity index (χ1n) is 8.37. The number of nitrogens with one attached hydrogen (secondary N) is 1. The van der Waals surface area contributed by atoms with E-state index in [1.807, 2.05) is 0 Å². The zero-order valence-corrected chi connectivity index (χ0v) is 13.9. The molecule has 0 aromatic rings. The maximum absolute atomic E-state index is 12.2. The number of fused-ring (bicyclic) bond motifs is 2. The molecule has 1 amide bonds. The van der Waals surface area contributed by atoms with Gasteiger partial charge in [-0.25, -0.2) is 0 Å². The van der Waals surface area contributed by atoms with E-state index in [9.17, 15) is 4.79 Å². The highest BCUT2D eigenvalue weighted by atomic mass is 35.5. The lowest BCUT2D eigenvalue weighted by atomic mass is 9.84. The van der Waals surface area contributed by atoms with Gasteiger partial charge in [-0.15, -0.1) is 12.4 Å². The third-order valence-corrected chi connectivity index (χ3v) is 5.89. The molecule has 1 saturated heterocycles. The largest absolute Gasteiger partial charge is 0.352 e. The average molecular weight is 316 g/mol. The van der Waals surface area contributed by atoms with Crippen molar-refractivity contribution in [3.05, 3.63) is 0 Å². The van der Waals surface area contributed by atoms with E-state index in [-0.39, 0.29) is 18.3 Å². The molecule has 2 aliphatic carbocycles. The molecule has 4 nitrogen and oxygen atoms in total. The minimum Gasteiger partial charge on any atom is -0.352 e. The summed E-state index contributed by atoms with van der Waals surface area (Å²) in [5, 5.41) is 3.25. The van der Waals surface area contributed by atoms with E-state index in [4.69, 9.17) is 5.73 Å². The number of likely N-dealkylation sites (tertiary alicyclic amines) is 1. The van der Waals surface area contributed by atoms with Crippen LogP contribution in [0.4, 0.5) is 0 Å². The molecule has 0 spiro atoms. The number of carbonyl (C=O) groups excluding carboxylic acids is 1. The van der Waals surface area contributed by atoms with E-state index >= 15 is 0 Å². The van der Waals surface area contributed by atoms with Gasteiger partial charge in [0.25, 0.3) is 0 Å². The number of hydrogen-bond donors (Lipinski definition) is 2. The van der Waals surface area contributed by atoms with E-state index in [0.29, 0.717) is 18.5 Å². The highest BCUT2D eigenvalue weighted by molar-refractivity contribution is 5.85. The normalized spacial score (nSPS) is 36.5. The van der Waals surface area contributed by atoms with Gasteiger partial charge in [0.1, 0.15) is 0 Å². The van der Waals surface area contributed by atoms with Crippen molar-refractivity contribution in [2.75, 3.05) is 26.2 Å². The van der Waals surface area contributed by atoms with Crippen LogP contribution in [0.3, 0.4) is 0 Å². The first kappa shape index (κ1) is 17.0. The summed E-state index contributed by atoms with van der Waals surface area (Å²) in [5.74, 6) is 3.36. The van der Waals surface area contributed by atoms with Gasteiger partial charge in [0.05, 0.1) is 6.54 Å². The topological polar surface area (TPSA) is 58.4 Å². The van der Waals surface area contributed by atoms with Gasteiger partial charge < -0.3 is 11.1 Å². The summed E-state index contributed by atoms with van der Waals surface area (Å²) in [5.41, 5.74) is 5.70. The molecule has 3 aliphatic rings. The number of amides is 1. The second kappa shape index (κ2) is 7.30. The predicted octanol–water partition coefficient (Wildman–Crippen LogP) is 1.63. The van der Waals surface area contributed by atoms with Crippen LogP contribution in [-0.2, 0) is 4.79 Å². The van der Waals surface area contributed by atoms with Gasteiger partial charge in [0.2, 0.25) is 5.91 Å². The maximum atomic E-state index is 12.2. The highest BCUT2D eigenvalue weighted by Crippen LogP contribution is 2.49. The molecule has 0 aromatic heterocycles. The Hall–Kier alpha value is -0.320. The SMILES string of the molecule is CC(NC(=O)CN1CCC(CN)C1)C1CC2CCC1C2.Cl. The van der Waals surface area contributed by atoms with Crippen LogP contribution in [0.1, 0.15) is 39.0 Å². The molecule has 5 atom stereocenters. The fourth-order valence-electron chi connectivity index (χ4n) is 4.76.